The number of fused-ring (bicyclic) bond motifs is 6. The number of ether oxygens (including phenoxy) is 1. The van der Waals surface area contributed by atoms with Crippen LogP contribution in [-0.4, -0.2) is 18.0 Å². The third kappa shape index (κ3) is 1.95. The van der Waals surface area contributed by atoms with Crippen LogP contribution in [0, 0.1) is 29.1 Å². The van der Waals surface area contributed by atoms with Gasteiger partial charge in [-0.25, -0.2) is 0 Å². The highest BCUT2D eigenvalue weighted by atomic mass is 16.5. The average Bonchev–Trinajstić information content (AvgIpc) is 3.17. The first kappa shape index (κ1) is 17.0. The summed E-state index contributed by atoms with van der Waals surface area (Å²) in [6.45, 7) is 12.3. The second-order valence-corrected chi connectivity index (χ2v) is 9.58. The molecule has 6 atom stereocenters. The maximum atomic E-state index is 11.9. The Morgan fingerprint density at radius 1 is 1.19 bits per heavy atom. The lowest BCUT2D eigenvalue weighted by Crippen LogP contribution is -2.55. The molecule has 3 saturated carbocycles. The number of ketones is 1. The molecular formula is C24H32O2. The Labute approximate surface area is 157 Å². The zero-order chi connectivity index (χ0) is 18.1. The highest BCUT2D eigenvalue weighted by Crippen LogP contribution is 2.70. The fourth-order valence-electron chi connectivity index (χ4n) is 8.06. The van der Waals surface area contributed by atoms with E-state index in [0.717, 1.165) is 57.0 Å². The number of hydrogen-bond acceptors (Lipinski definition) is 2. The Kier molecular flexibility index (Phi) is 3.71. The molecule has 0 radical (unpaired) electrons. The Morgan fingerprint density at radius 3 is 2.77 bits per heavy atom. The van der Waals surface area contributed by atoms with Gasteiger partial charge in [0.1, 0.15) is 0 Å². The fourth-order valence-corrected chi connectivity index (χ4v) is 8.06. The van der Waals surface area contributed by atoms with Crippen LogP contribution in [0.5, 0.6) is 0 Å². The van der Waals surface area contributed by atoms with Gasteiger partial charge < -0.3 is 4.74 Å². The second-order valence-electron chi connectivity index (χ2n) is 9.58. The molecule has 5 rings (SSSR count). The van der Waals surface area contributed by atoms with Gasteiger partial charge in [0, 0.05) is 11.8 Å². The molecule has 0 aromatic carbocycles. The summed E-state index contributed by atoms with van der Waals surface area (Å²) in [4.78, 5) is 11.9. The summed E-state index contributed by atoms with van der Waals surface area (Å²) in [5, 5.41) is 0. The second kappa shape index (κ2) is 5.67. The molecule has 0 aromatic heterocycles. The lowest BCUT2D eigenvalue weighted by atomic mass is 9.47. The van der Waals surface area contributed by atoms with Crippen molar-refractivity contribution in [3.63, 3.8) is 0 Å². The molecule has 26 heavy (non-hydrogen) atoms. The van der Waals surface area contributed by atoms with E-state index < -0.39 is 0 Å². The monoisotopic (exact) mass is 352 g/mol. The van der Waals surface area contributed by atoms with Crippen LogP contribution in [0.4, 0.5) is 0 Å². The largest absolute Gasteiger partial charge is 0.370 e. The fraction of sp³-hybridized carbons (Fsp3) is 0.708. The smallest absolute Gasteiger partial charge is 0.155 e. The molecule has 1 aliphatic heterocycles. The summed E-state index contributed by atoms with van der Waals surface area (Å²) in [5.41, 5.74) is 4.36. The van der Waals surface area contributed by atoms with Crippen LogP contribution in [0.15, 0.2) is 36.0 Å². The minimum atomic E-state index is -0.0844. The van der Waals surface area contributed by atoms with Crippen molar-refractivity contribution in [2.24, 2.45) is 29.1 Å². The summed E-state index contributed by atoms with van der Waals surface area (Å²) in [6, 6.07) is 0. The predicted octanol–water partition coefficient (Wildman–Crippen LogP) is 5.40. The predicted molar refractivity (Wildman–Crippen MR) is 104 cm³/mol. The molecule has 0 bridgehead atoms. The highest BCUT2D eigenvalue weighted by Gasteiger charge is 2.67. The van der Waals surface area contributed by atoms with Gasteiger partial charge in [-0.3, -0.25) is 4.79 Å². The third-order valence-corrected chi connectivity index (χ3v) is 8.99. The quantitative estimate of drug-likeness (QED) is 0.591. The zero-order valence-corrected chi connectivity index (χ0v) is 16.2. The molecule has 0 N–H and O–H groups in total. The Morgan fingerprint density at radius 2 is 2.04 bits per heavy atom. The van der Waals surface area contributed by atoms with Crippen LogP contribution in [0.1, 0.15) is 64.7 Å². The van der Waals surface area contributed by atoms with E-state index in [2.05, 4.69) is 20.1 Å². The first-order valence-corrected chi connectivity index (χ1v) is 10.8. The molecule has 2 heteroatoms. The zero-order valence-electron chi connectivity index (χ0n) is 16.2. The standard InChI is InChI=1S/C24H32O2/c1-4-23-14-15(2)22-19-8-6-18(25)13-17(19)5-7-20(22)21(23)9-11-24(23)16(3)10-12-26-24/h13,19-22H,2-12,14H2,1H3/t19-,20-,21-,22+,23-,24-/m0/s1. The van der Waals surface area contributed by atoms with E-state index in [0.29, 0.717) is 17.6 Å². The maximum Gasteiger partial charge on any atom is 0.155 e. The minimum absolute atomic E-state index is 0.0844. The molecule has 0 aromatic rings. The van der Waals surface area contributed by atoms with E-state index in [1.165, 1.54) is 36.0 Å². The van der Waals surface area contributed by atoms with Gasteiger partial charge in [0.05, 0.1) is 12.2 Å². The Balaban J connectivity index is 1.55. The Bertz CT molecular complexity index is 716. The SMILES string of the molecule is C=C1C[C@@]2(CC)[C@@H](CC[C@@]23OCCC3=C)[C@@H]2CCC3=CC(=O)CC[C@@H]3[C@@H]12. The molecular weight excluding hydrogens is 320 g/mol. The van der Waals surface area contributed by atoms with Gasteiger partial charge in [0.15, 0.2) is 5.78 Å². The van der Waals surface area contributed by atoms with Gasteiger partial charge in [-0.1, -0.05) is 31.2 Å². The molecule has 4 aliphatic carbocycles. The summed E-state index contributed by atoms with van der Waals surface area (Å²) >= 11 is 0. The maximum absolute atomic E-state index is 11.9. The molecule has 1 spiro atoms. The van der Waals surface area contributed by atoms with Crippen LogP contribution in [0.3, 0.4) is 0 Å². The first-order chi connectivity index (χ1) is 12.5. The molecule has 1 heterocycles. The summed E-state index contributed by atoms with van der Waals surface area (Å²) in [7, 11) is 0. The van der Waals surface area contributed by atoms with Crippen molar-refractivity contribution in [3.05, 3.63) is 36.0 Å². The van der Waals surface area contributed by atoms with Crippen molar-refractivity contribution in [3.8, 4) is 0 Å². The topological polar surface area (TPSA) is 26.3 Å². The van der Waals surface area contributed by atoms with Crippen LogP contribution in [0.2, 0.25) is 0 Å². The van der Waals surface area contributed by atoms with Gasteiger partial charge in [0.25, 0.3) is 0 Å². The average molecular weight is 353 g/mol. The van der Waals surface area contributed by atoms with Gasteiger partial charge >= 0.3 is 0 Å². The van der Waals surface area contributed by atoms with Crippen LogP contribution in [-0.2, 0) is 9.53 Å². The first-order valence-electron chi connectivity index (χ1n) is 10.8. The molecule has 2 nitrogen and oxygen atoms in total. The van der Waals surface area contributed by atoms with E-state index >= 15 is 0 Å². The normalized spacial score (nSPS) is 47.6. The van der Waals surface area contributed by atoms with E-state index in [1.54, 1.807) is 0 Å². The van der Waals surface area contributed by atoms with E-state index in [1.807, 2.05) is 6.08 Å². The molecule has 4 fully saturated rings. The van der Waals surface area contributed by atoms with Crippen molar-refractivity contribution in [2.45, 2.75) is 70.3 Å². The van der Waals surface area contributed by atoms with Gasteiger partial charge in [0.2, 0.25) is 0 Å². The number of hydrogen-bond donors (Lipinski definition) is 0. The van der Waals surface area contributed by atoms with Gasteiger partial charge in [-0.2, -0.15) is 0 Å². The van der Waals surface area contributed by atoms with E-state index in [4.69, 9.17) is 4.74 Å². The van der Waals surface area contributed by atoms with Crippen LogP contribution < -0.4 is 0 Å². The van der Waals surface area contributed by atoms with Crippen molar-refractivity contribution in [1.82, 2.24) is 0 Å². The van der Waals surface area contributed by atoms with Crippen LogP contribution in [0.25, 0.3) is 0 Å². The third-order valence-electron chi connectivity index (χ3n) is 8.99. The van der Waals surface area contributed by atoms with Gasteiger partial charge in [-0.05, 0) is 86.7 Å². The van der Waals surface area contributed by atoms with Crippen molar-refractivity contribution >= 4 is 5.78 Å². The lowest BCUT2D eigenvalue weighted by molar-refractivity contribution is -0.117. The van der Waals surface area contributed by atoms with E-state index in [9.17, 15) is 4.79 Å². The lowest BCUT2D eigenvalue weighted by Gasteiger charge is -2.58. The highest BCUT2D eigenvalue weighted by molar-refractivity contribution is 5.91. The minimum Gasteiger partial charge on any atom is -0.370 e. The number of carbonyl (C=O) groups excluding carboxylic acids is 1. The van der Waals surface area contributed by atoms with Crippen molar-refractivity contribution < 1.29 is 9.53 Å². The molecule has 1 saturated heterocycles. The van der Waals surface area contributed by atoms with E-state index in [-0.39, 0.29) is 11.0 Å². The number of carbonyl (C=O) groups is 1. The molecule has 0 unspecified atom stereocenters. The summed E-state index contributed by atoms with van der Waals surface area (Å²) in [5.74, 6) is 2.98. The van der Waals surface area contributed by atoms with Gasteiger partial charge in [-0.15, -0.1) is 0 Å². The summed E-state index contributed by atoms with van der Waals surface area (Å²) < 4.78 is 6.53. The molecule has 140 valence electrons. The molecule has 0 amide bonds. The van der Waals surface area contributed by atoms with Crippen molar-refractivity contribution in [1.29, 1.82) is 0 Å². The number of allylic oxidation sites excluding steroid dienone is 2. The Hall–Kier alpha value is -1.15. The van der Waals surface area contributed by atoms with Crippen LogP contribution >= 0.6 is 0 Å². The van der Waals surface area contributed by atoms with Crippen molar-refractivity contribution in [2.75, 3.05) is 6.61 Å². The molecule has 5 aliphatic rings. The number of rotatable bonds is 1. The summed E-state index contributed by atoms with van der Waals surface area (Å²) in [6.07, 6.45) is 11.9.